The summed E-state index contributed by atoms with van der Waals surface area (Å²) < 4.78 is 8.32. The lowest BCUT2D eigenvalue weighted by atomic mass is 9.97. The number of hydrogen-bond donors (Lipinski definition) is 1. The van der Waals surface area contributed by atoms with Crippen LogP contribution in [0.5, 0.6) is 0 Å². The van der Waals surface area contributed by atoms with E-state index in [9.17, 15) is 0 Å². The zero-order valence-corrected chi connectivity index (χ0v) is 14.7. The van der Waals surface area contributed by atoms with Gasteiger partial charge in [0.05, 0.1) is 35.6 Å². The SMILES string of the molecule is CCCNC(CC(C)CC)c1c(Br)cnn1CCOC. The van der Waals surface area contributed by atoms with E-state index in [-0.39, 0.29) is 0 Å². The number of aromatic nitrogens is 2. The van der Waals surface area contributed by atoms with E-state index in [0.29, 0.717) is 18.6 Å². The highest BCUT2D eigenvalue weighted by Crippen LogP contribution is 2.29. The molecule has 1 N–H and O–H groups in total. The Bertz CT molecular complexity index is 381. The van der Waals surface area contributed by atoms with Crippen LogP contribution >= 0.6 is 15.9 Å². The molecular weight excluding hydrogens is 318 g/mol. The number of halogens is 1. The van der Waals surface area contributed by atoms with Crippen LogP contribution in [-0.4, -0.2) is 30.0 Å². The van der Waals surface area contributed by atoms with Gasteiger partial charge in [-0.25, -0.2) is 0 Å². The van der Waals surface area contributed by atoms with Gasteiger partial charge in [-0.1, -0.05) is 27.2 Å². The van der Waals surface area contributed by atoms with Crippen molar-refractivity contribution in [2.24, 2.45) is 5.92 Å². The largest absolute Gasteiger partial charge is 0.383 e. The third-order valence-corrected chi connectivity index (χ3v) is 4.26. The fourth-order valence-electron chi connectivity index (χ4n) is 2.25. The Morgan fingerprint density at radius 3 is 2.80 bits per heavy atom. The molecule has 0 aliphatic carbocycles. The van der Waals surface area contributed by atoms with Crippen LogP contribution in [0.2, 0.25) is 0 Å². The van der Waals surface area contributed by atoms with Crippen LogP contribution in [0.25, 0.3) is 0 Å². The first-order chi connectivity index (χ1) is 9.63. The molecule has 0 saturated carbocycles. The molecule has 0 amide bonds. The average molecular weight is 346 g/mol. The number of nitrogens with zero attached hydrogens (tertiary/aromatic N) is 2. The summed E-state index contributed by atoms with van der Waals surface area (Å²) in [5.74, 6) is 0.696. The molecule has 1 aromatic rings. The molecule has 0 saturated heterocycles. The van der Waals surface area contributed by atoms with Crippen molar-refractivity contribution < 1.29 is 4.74 Å². The highest BCUT2D eigenvalue weighted by molar-refractivity contribution is 9.10. The minimum absolute atomic E-state index is 0.346. The topological polar surface area (TPSA) is 39.1 Å². The molecule has 2 atom stereocenters. The van der Waals surface area contributed by atoms with Crippen molar-refractivity contribution in [2.75, 3.05) is 20.3 Å². The number of methoxy groups -OCH3 is 1. The molecule has 0 fully saturated rings. The molecule has 0 spiro atoms. The third kappa shape index (κ3) is 5.19. The quantitative estimate of drug-likeness (QED) is 0.701. The predicted octanol–water partition coefficient (Wildman–Crippen LogP) is 3.77. The molecular formula is C15H28BrN3O. The Balaban J connectivity index is 2.89. The Morgan fingerprint density at radius 1 is 1.45 bits per heavy atom. The molecule has 1 rings (SSSR count). The first-order valence-electron chi connectivity index (χ1n) is 7.57. The van der Waals surface area contributed by atoms with Gasteiger partial charge in [0.15, 0.2) is 0 Å². The van der Waals surface area contributed by atoms with Gasteiger partial charge in [-0.05, 0) is 41.2 Å². The van der Waals surface area contributed by atoms with Gasteiger partial charge in [0.25, 0.3) is 0 Å². The minimum atomic E-state index is 0.346. The summed E-state index contributed by atoms with van der Waals surface area (Å²) in [7, 11) is 1.73. The van der Waals surface area contributed by atoms with Crippen molar-refractivity contribution in [3.63, 3.8) is 0 Å². The maximum absolute atomic E-state index is 5.18. The number of nitrogens with one attached hydrogen (secondary N) is 1. The first kappa shape index (κ1) is 17.7. The van der Waals surface area contributed by atoms with Crippen LogP contribution < -0.4 is 5.32 Å². The monoisotopic (exact) mass is 345 g/mol. The van der Waals surface area contributed by atoms with E-state index in [1.165, 1.54) is 12.1 Å². The highest BCUT2D eigenvalue weighted by atomic mass is 79.9. The molecule has 116 valence electrons. The lowest BCUT2D eigenvalue weighted by Crippen LogP contribution is -2.27. The second-order valence-corrected chi connectivity index (χ2v) is 6.20. The molecule has 0 aliphatic heterocycles. The summed E-state index contributed by atoms with van der Waals surface area (Å²) in [6, 6.07) is 0.346. The van der Waals surface area contributed by atoms with E-state index in [1.807, 2.05) is 6.20 Å². The summed E-state index contributed by atoms with van der Waals surface area (Å²) in [5, 5.41) is 8.13. The second kappa shape index (κ2) is 9.53. The Hall–Kier alpha value is -0.390. The van der Waals surface area contributed by atoms with E-state index < -0.39 is 0 Å². The van der Waals surface area contributed by atoms with Gasteiger partial charge < -0.3 is 10.1 Å². The van der Waals surface area contributed by atoms with E-state index in [0.717, 1.165) is 30.4 Å². The third-order valence-electron chi connectivity index (χ3n) is 3.65. The normalized spacial score (nSPS) is 14.4. The minimum Gasteiger partial charge on any atom is -0.383 e. The van der Waals surface area contributed by atoms with E-state index in [1.54, 1.807) is 7.11 Å². The standard InChI is InChI=1S/C15H28BrN3O/c1-5-7-17-14(10-12(3)6-2)15-13(16)11-18-19(15)8-9-20-4/h11-12,14,17H,5-10H2,1-4H3. The van der Waals surface area contributed by atoms with Gasteiger partial charge >= 0.3 is 0 Å². The zero-order chi connectivity index (χ0) is 15.0. The van der Waals surface area contributed by atoms with E-state index in [4.69, 9.17) is 4.74 Å². The van der Waals surface area contributed by atoms with E-state index in [2.05, 4.69) is 51.8 Å². The van der Waals surface area contributed by atoms with Crippen molar-refractivity contribution in [1.29, 1.82) is 0 Å². The van der Waals surface area contributed by atoms with Crippen LogP contribution in [-0.2, 0) is 11.3 Å². The van der Waals surface area contributed by atoms with Gasteiger partial charge in [0.2, 0.25) is 0 Å². The number of ether oxygens (including phenoxy) is 1. The molecule has 4 nitrogen and oxygen atoms in total. The highest BCUT2D eigenvalue weighted by Gasteiger charge is 2.21. The molecule has 1 heterocycles. The maximum Gasteiger partial charge on any atom is 0.0696 e. The van der Waals surface area contributed by atoms with Crippen LogP contribution in [0.15, 0.2) is 10.7 Å². The van der Waals surface area contributed by atoms with Gasteiger partial charge in [0.1, 0.15) is 0 Å². The van der Waals surface area contributed by atoms with Crippen molar-refractivity contribution in [2.45, 2.75) is 52.6 Å². The van der Waals surface area contributed by atoms with Gasteiger partial charge in [-0.2, -0.15) is 5.10 Å². The van der Waals surface area contributed by atoms with Crippen LogP contribution in [0.3, 0.4) is 0 Å². The number of hydrogen-bond acceptors (Lipinski definition) is 3. The molecule has 2 unspecified atom stereocenters. The zero-order valence-electron chi connectivity index (χ0n) is 13.2. The van der Waals surface area contributed by atoms with E-state index >= 15 is 0 Å². The maximum atomic E-state index is 5.18. The molecule has 0 bridgehead atoms. The van der Waals surface area contributed by atoms with Crippen LogP contribution in [0, 0.1) is 5.92 Å². The molecule has 5 heteroatoms. The van der Waals surface area contributed by atoms with Crippen molar-refractivity contribution in [3.8, 4) is 0 Å². The van der Waals surface area contributed by atoms with Crippen molar-refractivity contribution in [3.05, 3.63) is 16.4 Å². The van der Waals surface area contributed by atoms with Gasteiger partial charge in [0, 0.05) is 7.11 Å². The van der Waals surface area contributed by atoms with Gasteiger partial charge in [-0.3, -0.25) is 4.68 Å². The Morgan fingerprint density at radius 2 is 2.20 bits per heavy atom. The molecule has 20 heavy (non-hydrogen) atoms. The summed E-state index contributed by atoms with van der Waals surface area (Å²) in [5.41, 5.74) is 1.25. The average Bonchev–Trinajstić information content (AvgIpc) is 2.82. The smallest absolute Gasteiger partial charge is 0.0696 e. The lowest BCUT2D eigenvalue weighted by Gasteiger charge is -2.23. The van der Waals surface area contributed by atoms with Crippen LogP contribution in [0.1, 0.15) is 51.8 Å². The van der Waals surface area contributed by atoms with Crippen molar-refractivity contribution in [1.82, 2.24) is 15.1 Å². The fourth-order valence-corrected chi connectivity index (χ4v) is 2.83. The lowest BCUT2D eigenvalue weighted by molar-refractivity contribution is 0.181. The fraction of sp³-hybridized carbons (Fsp3) is 0.800. The molecule has 0 aliphatic rings. The first-order valence-corrected chi connectivity index (χ1v) is 8.36. The van der Waals surface area contributed by atoms with Gasteiger partial charge in [-0.15, -0.1) is 0 Å². The summed E-state index contributed by atoms with van der Waals surface area (Å²) in [6.45, 7) is 9.27. The molecule has 0 aromatic carbocycles. The molecule has 1 aromatic heterocycles. The van der Waals surface area contributed by atoms with Crippen LogP contribution in [0.4, 0.5) is 0 Å². The molecule has 0 radical (unpaired) electrons. The Labute approximate surface area is 131 Å². The van der Waals surface area contributed by atoms with Crippen molar-refractivity contribution >= 4 is 15.9 Å². The summed E-state index contributed by atoms with van der Waals surface area (Å²) in [6.07, 6.45) is 5.37. The Kier molecular flexibility index (Phi) is 8.41. The number of rotatable bonds is 10. The second-order valence-electron chi connectivity index (χ2n) is 5.35. The summed E-state index contributed by atoms with van der Waals surface area (Å²) >= 11 is 3.65. The predicted molar refractivity (Wildman–Crippen MR) is 86.9 cm³/mol. The summed E-state index contributed by atoms with van der Waals surface area (Å²) in [4.78, 5) is 0.